The van der Waals surface area contributed by atoms with Crippen LogP contribution >= 0.6 is 0 Å². The topological polar surface area (TPSA) is 67.6 Å². The summed E-state index contributed by atoms with van der Waals surface area (Å²) in [5.41, 5.74) is 5.10. The molecule has 0 saturated carbocycles. The molecule has 0 fully saturated rings. The van der Waals surface area contributed by atoms with Crippen molar-refractivity contribution < 1.29 is 9.53 Å². The zero-order valence-electron chi connectivity index (χ0n) is 13.5. The van der Waals surface area contributed by atoms with Crippen molar-refractivity contribution in [2.45, 2.75) is 39.7 Å². The Morgan fingerprint density at radius 2 is 2.05 bits per heavy atom. The number of carbonyl (C=O) groups is 1. The molecular weight excluding hydrogens is 266 g/mol. The Labute approximate surface area is 127 Å². The second kappa shape index (κ2) is 8.64. The molecule has 1 amide bonds. The van der Waals surface area contributed by atoms with Gasteiger partial charge in [-0.15, -0.1) is 0 Å². The van der Waals surface area contributed by atoms with Crippen LogP contribution in [0.25, 0.3) is 0 Å². The number of nitrogens with two attached hydrogens (primary N) is 1. The predicted molar refractivity (Wildman–Crippen MR) is 86.3 cm³/mol. The third-order valence-electron chi connectivity index (χ3n) is 3.81. The minimum absolute atomic E-state index is 0.0485. The first kappa shape index (κ1) is 17.5. The second-order valence-corrected chi connectivity index (χ2v) is 5.14. The lowest BCUT2D eigenvalue weighted by molar-refractivity contribution is 0.0589. The van der Waals surface area contributed by atoms with Gasteiger partial charge >= 0.3 is 0 Å². The van der Waals surface area contributed by atoms with Crippen molar-refractivity contribution in [3.8, 4) is 0 Å². The largest absolute Gasteiger partial charge is 0.383 e. The van der Waals surface area contributed by atoms with Crippen LogP contribution in [0.3, 0.4) is 0 Å². The van der Waals surface area contributed by atoms with Crippen LogP contribution < -0.4 is 11.3 Å². The van der Waals surface area contributed by atoms with Crippen LogP contribution in [0, 0.1) is 6.92 Å². The molecule has 1 rings (SSSR count). The summed E-state index contributed by atoms with van der Waals surface area (Å²) in [6.45, 7) is 7.30. The standard InChI is InChI=1S/C16H27N3O2/c1-5-14(6-2)19(9-10-21-4)16(20)13-7-8-15(18-17)12(3)11-13/h7-8,11,14,18H,5-6,9-10,17H2,1-4H3. The quantitative estimate of drug-likeness (QED) is 0.571. The van der Waals surface area contributed by atoms with Crippen molar-refractivity contribution >= 4 is 11.6 Å². The summed E-state index contributed by atoms with van der Waals surface area (Å²) in [6.07, 6.45) is 1.88. The number of amides is 1. The average Bonchev–Trinajstić information content (AvgIpc) is 2.50. The van der Waals surface area contributed by atoms with Gasteiger partial charge in [0.1, 0.15) is 0 Å². The number of hydrogen-bond donors (Lipinski definition) is 2. The number of hydrogen-bond acceptors (Lipinski definition) is 4. The van der Waals surface area contributed by atoms with E-state index in [4.69, 9.17) is 10.6 Å². The third-order valence-corrected chi connectivity index (χ3v) is 3.81. The summed E-state index contributed by atoms with van der Waals surface area (Å²) in [5, 5.41) is 0. The first-order valence-electron chi connectivity index (χ1n) is 7.46. The molecule has 21 heavy (non-hydrogen) atoms. The number of hydrazine groups is 1. The number of anilines is 1. The number of nitrogen functional groups attached to an aromatic ring is 1. The number of methoxy groups -OCH3 is 1. The number of carbonyl (C=O) groups excluding carboxylic acids is 1. The fraction of sp³-hybridized carbons (Fsp3) is 0.562. The highest BCUT2D eigenvalue weighted by molar-refractivity contribution is 5.95. The Morgan fingerprint density at radius 1 is 1.38 bits per heavy atom. The molecule has 0 aromatic heterocycles. The fourth-order valence-electron chi connectivity index (χ4n) is 2.49. The van der Waals surface area contributed by atoms with E-state index in [0.717, 1.165) is 24.1 Å². The molecular formula is C16H27N3O2. The zero-order chi connectivity index (χ0) is 15.8. The average molecular weight is 293 g/mol. The summed E-state index contributed by atoms with van der Waals surface area (Å²) >= 11 is 0. The number of rotatable bonds is 8. The zero-order valence-corrected chi connectivity index (χ0v) is 13.5. The third kappa shape index (κ3) is 4.44. The number of nitrogens with one attached hydrogen (secondary N) is 1. The molecule has 118 valence electrons. The Hall–Kier alpha value is -1.59. The second-order valence-electron chi connectivity index (χ2n) is 5.14. The van der Waals surface area contributed by atoms with Crippen LogP contribution in [0.5, 0.6) is 0 Å². The Kier molecular flexibility index (Phi) is 7.19. The molecule has 5 nitrogen and oxygen atoms in total. The van der Waals surface area contributed by atoms with Crippen LogP contribution in [0.1, 0.15) is 42.6 Å². The maximum absolute atomic E-state index is 12.8. The maximum Gasteiger partial charge on any atom is 0.254 e. The summed E-state index contributed by atoms with van der Waals surface area (Å²) < 4.78 is 5.14. The van der Waals surface area contributed by atoms with Gasteiger partial charge in [0, 0.05) is 25.3 Å². The van der Waals surface area contributed by atoms with Gasteiger partial charge in [-0.2, -0.15) is 0 Å². The van der Waals surface area contributed by atoms with Crippen molar-refractivity contribution in [2.75, 3.05) is 25.7 Å². The first-order valence-corrected chi connectivity index (χ1v) is 7.46. The summed E-state index contributed by atoms with van der Waals surface area (Å²) in [5.74, 6) is 5.48. The van der Waals surface area contributed by atoms with E-state index in [2.05, 4.69) is 19.3 Å². The Morgan fingerprint density at radius 3 is 2.52 bits per heavy atom. The van der Waals surface area contributed by atoms with E-state index in [9.17, 15) is 4.79 Å². The van der Waals surface area contributed by atoms with E-state index in [0.29, 0.717) is 18.7 Å². The smallest absolute Gasteiger partial charge is 0.254 e. The van der Waals surface area contributed by atoms with E-state index in [1.165, 1.54) is 0 Å². The molecule has 0 aliphatic heterocycles. The lowest BCUT2D eigenvalue weighted by Gasteiger charge is -2.30. The molecule has 1 aromatic rings. The summed E-state index contributed by atoms with van der Waals surface area (Å²) in [6, 6.07) is 5.76. The van der Waals surface area contributed by atoms with Crippen LogP contribution in [-0.2, 0) is 4.74 Å². The van der Waals surface area contributed by atoms with Crippen LogP contribution in [0.4, 0.5) is 5.69 Å². The van der Waals surface area contributed by atoms with Crippen molar-refractivity contribution in [3.05, 3.63) is 29.3 Å². The van der Waals surface area contributed by atoms with Gasteiger partial charge in [0.25, 0.3) is 5.91 Å². The van der Waals surface area contributed by atoms with Crippen molar-refractivity contribution in [3.63, 3.8) is 0 Å². The van der Waals surface area contributed by atoms with E-state index in [1.54, 1.807) is 7.11 Å². The highest BCUT2D eigenvalue weighted by atomic mass is 16.5. The molecule has 0 unspecified atom stereocenters. The van der Waals surface area contributed by atoms with Gasteiger partial charge in [-0.1, -0.05) is 13.8 Å². The number of nitrogens with zero attached hydrogens (tertiary/aromatic N) is 1. The van der Waals surface area contributed by atoms with Crippen molar-refractivity contribution in [1.82, 2.24) is 4.90 Å². The van der Waals surface area contributed by atoms with E-state index >= 15 is 0 Å². The molecule has 3 N–H and O–H groups in total. The number of ether oxygens (including phenoxy) is 1. The molecule has 1 aromatic carbocycles. The predicted octanol–water partition coefficient (Wildman–Crippen LogP) is 2.56. The van der Waals surface area contributed by atoms with E-state index < -0.39 is 0 Å². The fourth-order valence-corrected chi connectivity index (χ4v) is 2.49. The lowest BCUT2D eigenvalue weighted by Crippen LogP contribution is -2.41. The number of benzene rings is 1. The Balaban J connectivity index is 3.00. The first-order chi connectivity index (χ1) is 10.1. The Bertz CT molecular complexity index is 459. The molecule has 0 spiro atoms. The van der Waals surface area contributed by atoms with E-state index in [1.807, 2.05) is 30.0 Å². The molecule has 0 saturated heterocycles. The number of aryl methyl sites for hydroxylation is 1. The van der Waals surface area contributed by atoms with Crippen LogP contribution in [0.2, 0.25) is 0 Å². The van der Waals surface area contributed by atoms with Crippen LogP contribution in [0.15, 0.2) is 18.2 Å². The van der Waals surface area contributed by atoms with E-state index in [-0.39, 0.29) is 11.9 Å². The minimum Gasteiger partial charge on any atom is -0.383 e. The van der Waals surface area contributed by atoms with Gasteiger partial charge < -0.3 is 15.1 Å². The minimum atomic E-state index is 0.0485. The highest BCUT2D eigenvalue weighted by Crippen LogP contribution is 2.19. The monoisotopic (exact) mass is 293 g/mol. The van der Waals surface area contributed by atoms with Gasteiger partial charge in [0.2, 0.25) is 0 Å². The molecule has 0 aliphatic carbocycles. The van der Waals surface area contributed by atoms with Gasteiger partial charge in [0.05, 0.1) is 12.3 Å². The normalized spacial score (nSPS) is 10.8. The van der Waals surface area contributed by atoms with Gasteiger partial charge in [-0.3, -0.25) is 10.6 Å². The molecule has 0 atom stereocenters. The molecule has 0 radical (unpaired) electrons. The SMILES string of the molecule is CCC(CC)N(CCOC)C(=O)c1ccc(NN)c(C)c1. The lowest BCUT2D eigenvalue weighted by atomic mass is 10.1. The van der Waals surface area contributed by atoms with Gasteiger partial charge in [-0.05, 0) is 43.5 Å². The van der Waals surface area contributed by atoms with Gasteiger partial charge in [0.15, 0.2) is 0 Å². The van der Waals surface area contributed by atoms with Crippen molar-refractivity contribution in [2.24, 2.45) is 5.84 Å². The highest BCUT2D eigenvalue weighted by Gasteiger charge is 2.22. The summed E-state index contributed by atoms with van der Waals surface area (Å²) in [4.78, 5) is 14.7. The molecule has 0 aliphatic rings. The van der Waals surface area contributed by atoms with Gasteiger partial charge in [-0.25, -0.2) is 0 Å². The molecule has 5 heteroatoms. The summed E-state index contributed by atoms with van der Waals surface area (Å²) in [7, 11) is 1.65. The van der Waals surface area contributed by atoms with Crippen LogP contribution in [-0.4, -0.2) is 37.1 Å². The molecule has 0 bridgehead atoms. The molecule has 0 heterocycles. The maximum atomic E-state index is 12.8. The van der Waals surface area contributed by atoms with Crippen molar-refractivity contribution in [1.29, 1.82) is 0 Å².